The van der Waals surface area contributed by atoms with Gasteiger partial charge in [-0.1, -0.05) is 23.7 Å². The molecule has 0 saturated heterocycles. The van der Waals surface area contributed by atoms with Crippen LogP contribution in [0.1, 0.15) is 5.56 Å². The number of aromatic nitrogens is 1. The maximum Gasteiger partial charge on any atom is 0.213 e. The molecule has 0 bridgehead atoms. The summed E-state index contributed by atoms with van der Waals surface area (Å²) >= 11 is 6.24. The van der Waals surface area contributed by atoms with E-state index in [-0.39, 0.29) is 5.75 Å². The molecule has 2 rings (SSSR count). The Kier molecular flexibility index (Phi) is 3.10. The Hall–Kier alpha value is -1.13. The lowest BCUT2D eigenvalue weighted by Gasteiger charge is -2.05. The lowest BCUT2D eigenvalue weighted by atomic mass is 10.1. The molecule has 0 unspecified atom stereocenters. The van der Waals surface area contributed by atoms with Gasteiger partial charge in [-0.2, -0.15) is 0 Å². The summed E-state index contributed by atoms with van der Waals surface area (Å²) in [5, 5.41) is 1.39. The van der Waals surface area contributed by atoms with E-state index >= 15 is 0 Å². The van der Waals surface area contributed by atoms with E-state index in [1.54, 1.807) is 6.20 Å². The Balaban J connectivity index is 2.71. The van der Waals surface area contributed by atoms with Crippen LogP contribution < -0.4 is 4.57 Å². The molecule has 0 atom stereocenters. The van der Waals surface area contributed by atoms with Gasteiger partial charge in [-0.05, 0) is 6.07 Å². The first-order valence-corrected chi connectivity index (χ1v) is 7.56. The van der Waals surface area contributed by atoms with Gasteiger partial charge in [-0.15, -0.1) is 0 Å². The van der Waals surface area contributed by atoms with Crippen molar-refractivity contribution in [1.29, 1.82) is 0 Å². The molecule has 2 aromatic rings. The van der Waals surface area contributed by atoms with Crippen molar-refractivity contribution >= 4 is 32.3 Å². The summed E-state index contributed by atoms with van der Waals surface area (Å²) in [6.45, 7) is 0. The summed E-state index contributed by atoms with van der Waals surface area (Å²) in [5.74, 6) is -0.0372. The Morgan fingerprint density at radius 2 is 1.94 bits per heavy atom. The zero-order valence-corrected chi connectivity index (χ0v) is 11.2. The number of pyridine rings is 1. The number of hydrogen-bond acceptors (Lipinski definition) is 2. The van der Waals surface area contributed by atoms with Gasteiger partial charge < -0.3 is 0 Å². The molecule has 5 heteroatoms. The van der Waals surface area contributed by atoms with Gasteiger partial charge >= 0.3 is 0 Å². The van der Waals surface area contributed by atoms with Crippen LogP contribution in [0.25, 0.3) is 10.9 Å². The van der Waals surface area contributed by atoms with Crippen molar-refractivity contribution in [3.8, 4) is 0 Å². The lowest BCUT2D eigenvalue weighted by Crippen LogP contribution is -2.29. The van der Waals surface area contributed by atoms with E-state index in [4.69, 9.17) is 11.6 Å². The fourth-order valence-corrected chi connectivity index (χ4v) is 3.02. The first-order chi connectivity index (χ1) is 7.88. The predicted molar refractivity (Wildman–Crippen MR) is 68.7 cm³/mol. The maximum atomic E-state index is 11.3. The van der Waals surface area contributed by atoms with Crippen LogP contribution in [0.4, 0.5) is 0 Å². The molecule has 0 N–H and O–H groups in total. The number of aryl methyl sites for hydroxylation is 1. The summed E-state index contributed by atoms with van der Waals surface area (Å²) in [6.07, 6.45) is 2.98. The third-order valence-electron chi connectivity index (χ3n) is 2.57. The van der Waals surface area contributed by atoms with Gasteiger partial charge in [0.1, 0.15) is 7.05 Å². The molecule has 0 aliphatic carbocycles. The van der Waals surface area contributed by atoms with Gasteiger partial charge in [-0.3, -0.25) is 0 Å². The molecule has 0 aliphatic rings. The van der Waals surface area contributed by atoms with E-state index in [1.807, 2.05) is 35.9 Å². The van der Waals surface area contributed by atoms with Gasteiger partial charge in [0.05, 0.1) is 21.7 Å². The van der Waals surface area contributed by atoms with Crippen molar-refractivity contribution in [2.75, 3.05) is 6.26 Å². The van der Waals surface area contributed by atoms with Crippen molar-refractivity contribution in [3.63, 3.8) is 0 Å². The van der Waals surface area contributed by atoms with E-state index in [0.717, 1.165) is 10.9 Å². The number of sulfone groups is 1. The van der Waals surface area contributed by atoms with Crippen LogP contribution in [-0.4, -0.2) is 14.7 Å². The number of fused-ring (bicyclic) bond motifs is 1. The van der Waals surface area contributed by atoms with Crippen molar-refractivity contribution in [2.45, 2.75) is 5.75 Å². The molecular formula is C12H13ClNO2S+. The molecule has 1 aromatic carbocycles. The number of rotatable bonds is 2. The van der Waals surface area contributed by atoms with Crippen LogP contribution in [0.15, 0.2) is 30.5 Å². The molecule has 0 amide bonds. The van der Waals surface area contributed by atoms with E-state index in [0.29, 0.717) is 10.6 Å². The Morgan fingerprint density at radius 3 is 2.59 bits per heavy atom. The number of halogens is 1. The molecule has 0 spiro atoms. The van der Waals surface area contributed by atoms with Crippen LogP contribution in [0, 0.1) is 0 Å². The minimum absolute atomic E-state index is 0.0372. The van der Waals surface area contributed by atoms with E-state index in [1.165, 1.54) is 6.26 Å². The summed E-state index contributed by atoms with van der Waals surface area (Å²) in [7, 11) is -1.20. The first-order valence-electron chi connectivity index (χ1n) is 5.12. The van der Waals surface area contributed by atoms with Gasteiger partial charge in [-0.25, -0.2) is 13.0 Å². The van der Waals surface area contributed by atoms with Crippen molar-refractivity contribution in [2.24, 2.45) is 7.05 Å². The van der Waals surface area contributed by atoms with E-state index in [2.05, 4.69) is 0 Å². The van der Waals surface area contributed by atoms with Crippen molar-refractivity contribution in [1.82, 2.24) is 0 Å². The smallest absolute Gasteiger partial charge is 0.213 e. The second-order valence-corrected chi connectivity index (χ2v) is 6.68. The number of para-hydroxylation sites is 1. The molecule has 0 aliphatic heterocycles. The standard InChI is InChI=1S/C12H13ClNO2S/c1-14-7-9(8-17(2,15)16)12(13)10-5-3-4-6-11(10)14/h3-7H,8H2,1-2H3/q+1. The molecule has 0 radical (unpaired) electrons. The third kappa shape index (κ3) is 2.58. The van der Waals surface area contributed by atoms with Gasteiger partial charge in [0.25, 0.3) is 0 Å². The molecule has 0 fully saturated rings. The summed E-state index contributed by atoms with van der Waals surface area (Å²) < 4.78 is 24.6. The third-order valence-corrected chi connectivity index (χ3v) is 3.85. The average Bonchev–Trinajstić information content (AvgIpc) is 2.24. The minimum Gasteiger partial charge on any atom is -0.229 e. The van der Waals surface area contributed by atoms with Crippen LogP contribution in [0.2, 0.25) is 5.02 Å². The van der Waals surface area contributed by atoms with Crippen molar-refractivity contribution < 1.29 is 13.0 Å². The Bertz CT molecular complexity index is 680. The monoisotopic (exact) mass is 270 g/mol. The Labute approximate surface area is 106 Å². The normalized spacial score (nSPS) is 11.9. The number of hydrogen-bond donors (Lipinski definition) is 0. The number of benzene rings is 1. The van der Waals surface area contributed by atoms with E-state index in [9.17, 15) is 8.42 Å². The minimum atomic E-state index is -3.08. The van der Waals surface area contributed by atoms with Gasteiger partial charge in [0.2, 0.25) is 5.52 Å². The second kappa shape index (κ2) is 4.27. The highest BCUT2D eigenvalue weighted by molar-refractivity contribution is 7.89. The average molecular weight is 271 g/mol. The maximum absolute atomic E-state index is 11.3. The van der Waals surface area contributed by atoms with Crippen molar-refractivity contribution in [3.05, 3.63) is 41.0 Å². The van der Waals surface area contributed by atoms with E-state index < -0.39 is 9.84 Å². The van der Waals surface area contributed by atoms with Crippen LogP contribution >= 0.6 is 11.6 Å². The van der Waals surface area contributed by atoms with Crippen LogP contribution in [0.3, 0.4) is 0 Å². The topological polar surface area (TPSA) is 38.0 Å². The highest BCUT2D eigenvalue weighted by atomic mass is 35.5. The summed E-state index contributed by atoms with van der Waals surface area (Å²) in [5.41, 5.74) is 1.62. The largest absolute Gasteiger partial charge is 0.229 e. The molecule has 90 valence electrons. The zero-order valence-electron chi connectivity index (χ0n) is 9.64. The van der Waals surface area contributed by atoms with Gasteiger partial charge in [0, 0.05) is 12.3 Å². The molecule has 17 heavy (non-hydrogen) atoms. The molecule has 3 nitrogen and oxygen atoms in total. The Morgan fingerprint density at radius 1 is 1.29 bits per heavy atom. The highest BCUT2D eigenvalue weighted by Crippen LogP contribution is 2.25. The zero-order chi connectivity index (χ0) is 12.6. The number of nitrogens with zero attached hydrogens (tertiary/aromatic N) is 1. The second-order valence-electron chi connectivity index (χ2n) is 4.17. The quantitative estimate of drug-likeness (QED) is 0.782. The predicted octanol–water partition coefficient (Wildman–Crippen LogP) is 1.86. The SMILES string of the molecule is C[n+]1cc(CS(C)(=O)=O)c(Cl)c2ccccc21. The molecule has 1 heterocycles. The highest BCUT2D eigenvalue weighted by Gasteiger charge is 2.17. The fourth-order valence-electron chi connectivity index (χ4n) is 1.88. The van der Waals surface area contributed by atoms with Gasteiger partial charge in [0.15, 0.2) is 16.0 Å². The first kappa shape index (κ1) is 12.3. The summed E-state index contributed by atoms with van der Waals surface area (Å²) in [4.78, 5) is 0. The lowest BCUT2D eigenvalue weighted by molar-refractivity contribution is -0.645. The molecular weight excluding hydrogens is 258 g/mol. The fraction of sp³-hybridized carbons (Fsp3) is 0.250. The summed E-state index contributed by atoms with van der Waals surface area (Å²) in [6, 6.07) is 7.65. The molecule has 1 aromatic heterocycles. The van der Waals surface area contributed by atoms with Crippen LogP contribution in [0.5, 0.6) is 0 Å². The van der Waals surface area contributed by atoms with Crippen LogP contribution in [-0.2, 0) is 22.6 Å². The molecule has 0 saturated carbocycles.